The van der Waals surface area contributed by atoms with Crippen LogP contribution in [0.1, 0.15) is 66.1 Å². The Morgan fingerprint density at radius 1 is 1.38 bits per heavy atom. The van der Waals surface area contributed by atoms with Gasteiger partial charge in [-0.3, -0.25) is 4.79 Å². The first-order valence-electron chi connectivity index (χ1n) is 9.61. The molecule has 1 saturated heterocycles. The first-order chi connectivity index (χ1) is 12.0. The zero-order valence-electron chi connectivity index (χ0n) is 17.1. The summed E-state index contributed by atoms with van der Waals surface area (Å²) in [5.41, 5.74) is 0. The largest absolute Gasteiger partial charge is 1.00 e. The number of allylic oxidation sites excluding steroid dienone is 3. The van der Waals surface area contributed by atoms with Gasteiger partial charge >= 0.3 is 35.5 Å². The molecular formula is C20H32FNaO4. The van der Waals surface area contributed by atoms with Crippen molar-refractivity contribution in [3.8, 4) is 0 Å². The normalized spacial score (nSPS) is 30.2. The molecule has 0 aromatic carbocycles. The molecule has 4 nitrogen and oxygen atoms in total. The Kier molecular flexibility index (Phi) is 11.1. The van der Waals surface area contributed by atoms with Gasteiger partial charge in [0.15, 0.2) is 6.17 Å². The molecule has 2 rings (SSSR count). The Hall–Kier alpha value is -0.360. The Morgan fingerprint density at radius 2 is 2.15 bits per heavy atom. The Morgan fingerprint density at radius 3 is 2.85 bits per heavy atom. The number of carboxylic acids is 1. The minimum Gasteiger partial charge on any atom is -1.00 e. The molecule has 0 bridgehead atoms. The number of hydrogen-bond donors (Lipinski definition) is 2. The van der Waals surface area contributed by atoms with Crippen molar-refractivity contribution in [3.63, 3.8) is 0 Å². The summed E-state index contributed by atoms with van der Waals surface area (Å²) in [6.45, 7) is 2.13. The molecule has 0 radical (unpaired) electrons. The van der Waals surface area contributed by atoms with Crippen LogP contribution in [0.4, 0.5) is 4.39 Å². The van der Waals surface area contributed by atoms with Crippen LogP contribution < -0.4 is 29.6 Å². The fourth-order valence-corrected chi connectivity index (χ4v) is 3.84. The third kappa shape index (κ3) is 6.99. The number of fused-ring (bicyclic) bond motifs is 1. The van der Waals surface area contributed by atoms with E-state index in [4.69, 9.17) is 9.84 Å². The molecule has 26 heavy (non-hydrogen) atoms. The SMILES string of the molecule is CCCCC[C@H](O)/C=C/[C@H]1CC[C@@H]2O/C(=C\CCCC(=O)O)C(F)[C@@H]21.[H-].[Na+]. The first-order valence-corrected chi connectivity index (χ1v) is 9.61. The van der Waals surface area contributed by atoms with Crippen LogP contribution in [0.25, 0.3) is 0 Å². The van der Waals surface area contributed by atoms with E-state index in [0.717, 1.165) is 38.5 Å². The van der Waals surface area contributed by atoms with Crippen molar-refractivity contribution in [3.05, 3.63) is 24.0 Å². The molecular weight excluding hydrogens is 346 g/mol. The number of rotatable bonds is 10. The quantitative estimate of drug-likeness (QED) is 0.344. The maximum Gasteiger partial charge on any atom is 1.00 e. The molecule has 0 amide bonds. The predicted molar refractivity (Wildman–Crippen MR) is 96.0 cm³/mol. The van der Waals surface area contributed by atoms with Crippen molar-refractivity contribution >= 4 is 5.97 Å². The number of ether oxygens (including phenoxy) is 1. The molecule has 0 spiro atoms. The number of carbonyl (C=O) groups is 1. The van der Waals surface area contributed by atoms with E-state index in [2.05, 4.69) is 6.92 Å². The van der Waals surface area contributed by atoms with E-state index in [1.807, 2.05) is 12.2 Å². The van der Waals surface area contributed by atoms with Crippen LogP contribution in [-0.4, -0.2) is 34.6 Å². The van der Waals surface area contributed by atoms with E-state index in [9.17, 15) is 14.3 Å². The molecule has 2 aliphatic rings. The predicted octanol–water partition coefficient (Wildman–Crippen LogP) is 1.50. The second kappa shape index (κ2) is 12.2. The zero-order chi connectivity index (χ0) is 18.2. The van der Waals surface area contributed by atoms with Crippen molar-refractivity contribution in [1.82, 2.24) is 0 Å². The summed E-state index contributed by atoms with van der Waals surface area (Å²) in [6.07, 6.45) is 10.7. The van der Waals surface area contributed by atoms with Gasteiger partial charge in [0.1, 0.15) is 11.9 Å². The van der Waals surface area contributed by atoms with E-state index in [1.165, 1.54) is 0 Å². The monoisotopic (exact) mass is 378 g/mol. The molecule has 5 atom stereocenters. The van der Waals surface area contributed by atoms with Crippen LogP contribution in [0, 0.1) is 11.8 Å². The zero-order valence-corrected chi connectivity index (χ0v) is 18.1. The maximum absolute atomic E-state index is 14.7. The smallest absolute Gasteiger partial charge is 1.00 e. The average molecular weight is 378 g/mol. The van der Waals surface area contributed by atoms with Crippen LogP contribution in [0.3, 0.4) is 0 Å². The summed E-state index contributed by atoms with van der Waals surface area (Å²) in [6, 6.07) is 0. The molecule has 0 aromatic heterocycles. The van der Waals surface area contributed by atoms with Gasteiger partial charge in [-0.05, 0) is 44.1 Å². The molecule has 1 aliphatic heterocycles. The second-order valence-corrected chi connectivity index (χ2v) is 7.22. The van der Waals surface area contributed by atoms with Crippen molar-refractivity contribution in [2.45, 2.75) is 83.1 Å². The number of aliphatic carboxylic acids is 1. The van der Waals surface area contributed by atoms with Crippen LogP contribution in [0.5, 0.6) is 0 Å². The van der Waals surface area contributed by atoms with Crippen molar-refractivity contribution in [2.24, 2.45) is 11.8 Å². The molecule has 1 aliphatic carbocycles. The molecule has 144 valence electrons. The molecule has 0 aromatic rings. The number of hydrogen-bond acceptors (Lipinski definition) is 3. The Balaban J connectivity index is 0.00000338. The number of carboxylic acid groups (broad SMARTS) is 1. The fourth-order valence-electron chi connectivity index (χ4n) is 3.84. The molecule has 1 heterocycles. The summed E-state index contributed by atoms with van der Waals surface area (Å²) in [5.74, 6) is -0.528. The number of alkyl halides is 1. The van der Waals surface area contributed by atoms with E-state index < -0.39 is 18.2 Å². The minimum absolute atomic E-state index is 0. The van der Waals surface area contributed by atoms with E-state index >= 15 is 0 Å². The van der Waals surface area contributed by atoms with E-state index in [0.29, 0.717) is 18.6 Å². The molecule has 1 unspecified atom stereocenters. The molecule has 1 saturated carbocycles. The minimum atomic E-state index is -1.12. The summed E-state index contributed by atoms with van der Waals surface area (Å²) >= 11 is 0. The van der Waals surface area contributed by atoms with Gasteiger partial charge in [0.25, 0.3) is 0 Å². The van der Waals surface area contributed by atoms with Crippen LogP contribution in [0.2, 0.25) is 0 Å². The van der Waals surface area contributed by atoms with Crippen LogP contribution in [0.15, 0.2) is 24.0 Å². The van der Waals surface area contributed by atoms with Gasteiger partial charge in [0, 0.05) is 12.3 Å². The van der Waals surface area contributed by atoms with E-state index in [1.54, 1.807) is 6.08 Å². The Bertz CT molecular complexity index is 500. The second-order valence-electron chi connectivity index (χ2n) is 7.22. The molecule has 2 fully saturated rings. The third-order valence-corrected chi connectivity index (χ3v) is 5.23. The Labute approximate surface area is 179 Å². The van der Waals surface area contributed by atoms with Crippen molar-refractivity contribution < 1.29 is 55.1 Å². The average Bonchev–Trinajstić information content (AvgIpc) is 3.10. The fraction of sp³-hybridized carbons (Fsp3) is 0.750. The van der Waals surface area contributed by atoms with Gasteiger partial charge < -0.3 is 16.4 Å². The number of aliphatic hydroxyl groups excluding tert-OH is 1. The summed E-state index contributed by atoms with van der Waals surface area (Å²) in [4.78, 5) is 10.5. The molecule has 6 heteroatoms. The van der Waals surface area contributed by atoms with Crippen LogP contribution >= 0.6 is 0 Å². The first kappa shape index (κ1) is 23.7. The van der Waals surface area contributed by atoms with Gasteiger partial charge in [-0.1, -0.05) is 38.3 Å². The summed E-state index contributed by atoms with van der Waals surface area (Å²) < 4.78 is 20.5. The number of unbranched alkanes of at least 4 members (excludes halogenated alkanes) is 3. The van der Waals surface area contributed by atoms with Gasteiger partial charge in [0.2, 0.25) is 0 Å². The maximum atomic E-state index is 14.7. The van der Waals surface area contributed by atoms with Gasteiger partial charge in [0.05, 0.1) is 6.10 Å². The van der Waals surface area contributed by atoms with Crippen LogP contribution in [-0.2, 0) is 9.53 Å². The van der Waals surface area contributed by atoms with Crippen molar-refractivity contribution in [2.75, 3.05) is 0 Å². The summed E-state index contributed by atoms with van der Waals surface area (Å²) in [5, 5.41) is 18.7. The topological polar surface area (TPSA) is 66.8 Å². The van der Waals surface area contributed by atoms with E-state index in [-0.39, 0.29) is 55.3 Å². The van der Waals surface area contributed by atoms with Crippen molar-refractivity contribution in [1.29, 1.82) is 0 Å². The number of aliphatic hydroxyl groups is 1. The summed E-state index contributed by atoms with van der Waals surface area (Å²) in [7, 11) is 0. The van der Waals surface area contributed by atoms with Gasteiger partial charge in [-0.25, -0.2) is 4.39 Å². The standard InChI is InChI=1S/C20H31FO4.Na.H/c1-2-3-4-7-15(22)12-10-14-11-13-16-19(14)20(21)17(25-16)8-5-6-9-18(23)24;;/h8,10,12,14-16,19-20,22H,2-7,9,11,13H2,1H3,(H,23,24);;/q;+1;-1/b12-10+,17-8-;;/t14-,15-,16-,19+,20?;;/m0../s1. The molecule has 2 N–H and O–H groups in total. The third-order valence-electron chi connectivity index (χ3n) is 5.23. The number of halogens is 1. The van der Waals surface area contributed by atoms with Gasteiger partial charge in [-0.15, -0.1) is 0 Å². The van der Waals surface area contributed by atoms with Gasteiger partial charge in [-0.2, -0.15) is 0 Å².